The highest BCUT2D eigenvalue weighted by Gasteiger charge is 2.21. The third-order valence-corrected chi connectivity index (χ3v) is 8.96. The molecule has 9 nitrogen and oxygen atoms in total. The van der Waals surface area contributed by atoms with E-state index in [4.69, 9.17) is 0 Å². The van der Waals surface area contributed by atoms with Gasteiger partial charge in [-0.1, -0.05) is 22.7 Å². The quantitative estimate of drug-likeness (QED) is 0.391. The van der Waals surface area contributed by atoms with Gasteiger partial charge in [-0.2, -0.15) is 0 Å². The number of rotatable bonds is 6. The molecule has 0 spiro atoms. The fraction of sp³-hybridized carbons (Fsp3) is 0.105. The highest BCUT2D eigenvalue weighted by atomic mass is 32.2. The Morgan fingerprint density at radius 3 is 2.27 bits per heavy atom. The topological polar surface area (TPSA) is 135 Å². The first kappa shape index (κ1) is 23.2. The van der Waals surface area contributed by atoms with Crippen LogP contribution in [0, 0.1) is 12.7 Å². The number of fused-ring (bicyclic) bond motifs is 1. The third-order valence-electron chi connectivity index (χ3n) is 4.36. The smallest absolute Gasteiger partial charge is 0.269 e. The van der Waals surface area contributed by atoms with Crippen LogP contribution in [0.4, 0.5) is 14.7 Å². The van der Waals surface area contributed by atoms with Gasteiger partial charge in [0.05, 0.1) is 25.7 Å². The number of sulfone groups is 1. The molecule has 172 valence electrons. The van der Waals surface area contributed by atoms with Crippen LogP contribution in [0.2, 0.25) is 0 Å². The van der Waals surface area contributed by atoms with Gasteiger partial charge in [0.25, 0.3) is 15.9 Å². The average molecular weight is 527 g/mol. The van der Waals surface area contributed by atoms with Crippen LogP contribution in [0.5, 0.6) is 0 Å². The molecule has 33 heavy (non-hydrogen) atoms. The first-order valence-corrected chi connectivity index (χ1v) is 14.1. The number of hydrogen-bond donors (Lipinski definition) is 2. The molecule has 2 N–H and O–H groups in total. The average Bonchev–Trinajstić information content (AvgIpc) is 3.28. The van der Waals surface area contributed by atoms with Gasteiger partial charge in [-0.3, -0.25) is 14.8 Å². The Morgan fingerprint density at radius 2 is 1.61 bits per heavy atom. The number of anilines is 2. The van der Waals surface area contributed by atoms with E-state index in [1.165, 1.54) is 12.1 Å². The van der Waals surface area contributed by atoms with Crippen molar-refractivity contribution in [3.63, 3.8) is 0 Å². The molecule has 14 heteroatoms. The molecule has 0 saturated heterocycles. The second-order valence-corrected chi connectivity index (χ2v) is 12.6. The molecule has 2 heterocycles. The Labute approximate surface area is 196 Å². The van der Waals surface area contributed by atoms with Crippen LogP contribution in [0.25, 0.3) is 10.2 Å². The van der Waals surface area contributed by atoms with E-state index in [0.29, 0.717) is 15.9 Å². The van der Waals surface area contributed by atoms with Crippen molar-refractivity contribution < 1.29 is 26.0 Å². The Morgan fingerprint density at radius 1 is 0.939 bits per heavy atom. The molecular formula is C19H15FN4O5S4. The maximum atomic E-state index is 13.1. The second-order valence-electron chi connectivity index (χ2n) is 6.87. The van der Waals surface area contributed by atoms with Gasteiger partial charge in [-0.05, 0) is 49.4 Å². The maximum absolute atomic E-state index is 13.1. The van der Waals surface area contributed by atoms with Crippen molar-refractivity contribution in [1.82, 2.24) is 9.97 Å². The molecule has 0 saturated carbocycles. The number of thiazole rings is 2. The molecule has 0 radical (unpaired) electrons. The van der Waals surface area contributed by atoms with Crippen molar-refractivity contribution in [1.29, 1.82) is 0 Å². The predicted octanol–water partition coefficient (Wildman–Crippen LogP) is 3.66. The number of amides is 1. The minimum Gasteiger partial charge on any atom is -0.297 e. The fourth-order valence-electron chi connectivity index (χ4n) is 2.78. The summed E-state index contributed by atoms with van der Waals surface area (Å²) >= 11 is 1.94. The summed E-state index contributed by atoms with van der Waals surface area (Å²) in [5.41, 5.74) is 0.825. The van der Waals surface area contributed by atoms with E-state index in [-0.39, 0.29) is 24.9 Å². The summed E-state index contributed by atoms with van der Waals surface area (Å²) in [5, 5.41) is 2.86. The van der Waals surface area contributed by atoms with Crippen molar-refractivity contribution >= 4 is 68.9 Å². The molecule has 0 atom stereocenters. The summed E-state index contributed by atoms with van der Waals surface area (Å²) in [4.78, 5) is 21.3. The Balaban J connectivity index is 1.54. The van der Waals surface area contributed by atoms with Crippen molar-refractivity contribution in [3.8, 4) is 0 Å². The molecule has 1 amide bonds. The Hall–Kier alpha value is -2.94. The predicted molar refractivity (Wildman–Crippen MR) is 125 cm³/mol. The normalized spacial score (nSPS) is 12.1. The molecule has 0 aliphatic rings. The molecule has 4 rings (SSSR count). The van der Waals surface area contributed by atoms with Crippen LogP contribution in [-0.2, 0) is 19.9 Å². The number of halogens is 1. The second kappa shape index (κ2) is 8.44. The molecule has 0 bridgehead atoms. The number of nitrogens with zero attached hydrogens (tertiary/aromatic N) is 2. The zero-order valence-corrected chi connectivity index (χ0v) is 20.3. The minimum absolute atomic E-state index is 0.0240. The van der Waals surface area contributed by atoms with Gasteiger partial charge >= 0.3 is 0 Å². The fourth-order valence-corrected chi connectivity index (χ4v) is 6.50. The van der Waals surface area contributed by atoms with Gasteiger partial charge in [0, 0.05) is 6.26 Å². The van der Waals surface area contributed by atoms with Gasteiger partial charge in [0.2, 0.25) is 0 Å². The van der Waals surface area contributed by atoms with Crippen molar-refractivity contribution in [2.24, 2.45) is 0 Å². The summed E-state index contributed by atoms with van der Waals surface area (Å²) in [6.45, 7) is 1.55. The van der Waals surface area contributed by atoms with Gasteiger partial charge < -0.3 is 0 Å². The van der Waals surface area contributed by atoms with Crippen LogP contribution in [0.1, 0.15) is 15.4 Å². The number of carbonyl (C=O) groups is 1. The number of benzene rings is 2. The van der Waals surface area contributed by atoms with Crippen molar-refractivity contribution in [3.05, 3.63) is 58.9 Å². The van der Waals surface area contributed by atoms with E-state index in [0.717, 1.165) is 53.2 Å². The summed E-state index contributed by atoms with van der Waals surface area (Å²) in [6.07, 6.45) is 1.10. The van der Waals surface area contributed by atoms with Crippen LogP contribution in [0.3, 0.4) is 0 Å². The molecule has 0 aliphatic heterocycles. The minimum atomic E-state index is -4.01. The van der Waals surface area contributed by atoms with E-state index >= 15 is 0 Å². The zero-order chi connectivity index (χ0) is 24.0. The molecule has 2 aromatic heterocycles. The third kappa shape index (κ3) is 5.03. The van der Waals surface area contributed by atoms with E-state index < -0.39 is 31.6 Å². The first-order valence-electron chi connectivity index (χ1n) is 9.10. The monoisotopic (exact) mass is 526 g/mol. The number of hydrogen-bond acceptors (Lipinski definition) is 9. The largest absolute Gasteiger partial charge is 0.297 e. The Bertz CT molecular complexity index is 1590. The van der Waals surface area contributed by atoms with E-state index in [2.05, 4.69) is 20.0 Å². The van der Waals surface area contributed by atoms with Crippen LogP contribution in [-0.4, -0.2) is 39.0 Å². The lowest BCUT2D eigenvalue weighted by molar-refractivity contribution is 0.102. The molecular weight excluding hydrogens is 511 g/mol. The molecule has 0 fully saturated rings. The number of aryl methyl sites for hydroxylation is 1. The number of carbonyl (C=O) groups excluding carboxylic acids is 1. The summed E-state index contributed by atoms with van der Waals surface area (Å²) in [7, 11) is -7.39. The van der Waals surface area contributed by atoms with Crippen molar-refractivity contribution in [2.75, 3.05) is 16.3 Å². The lowest BCUT2D eigenvalue weighted by Crippen LogP contribution is -2.12. The van der Waals surface area contributed by atoms with Gasteiger partial charge in [-0.25, -0.2) is 31.2 Å². The first-order chi connectivity index (χ1) is 15.4. The standard InChI is InChI=1S/C19H15FN4O5S4/c1-10-16(31-19(21-10)24-33(28,29)12-5-3-11(20)4-6-12)17(25)23-18-22-14-8-7-13(32(2,26)27)9-15(14)30-18/h3-9H,1-2H3,(H,21,24)(H,22,23,25). The molecule has 0 aliphatic carbocycles. The van der Waals surface area contributed by atoms with Gasteiger partial charge in [0.15, 0.2) is 20.1 Å². The Kier molecular flexibility index (Phi) is 5.94. The SMILES string of the molecule is Cc1nc(NS(=O)(=O)c2ccc(F)cc2)sc1C(=O)Nc1nc2ccc(S(C)(=O)=O)cc2s1. The summed E-state index contributed by atoms with van der Waals surface area (Å²) in [6, 6.07) is 8.77. The highest BCUT2D eigenvalue weighted by molar-refractivity contribution is 7.93. The maximum Gasteiger partial charge on any atom is 0.269 e. The lowest BCUT2D eigenvalue weighted by Gasteiger charge is -2.04. The highest BCUT2D eigenvalue weighted by Crippen LogP contribution is 2.30. The lowest BCUT2D eigenvalue weighted by atomic mass is 10.3. The molecule has 0 unspecified atom stereocenters. The zero-order valence-electron chi connectivity index (χ0n) is 17.0. The molecule has 2 aromatic carbocycles. The van der Waals surface area contributed by atoms with Gasteiger partial charge in [-0.15, -0.1) is 0 Å². The number of sulfonamides is 1. The summed E-state index contributed by atoms with van der Waals surface area (Å²) in [5.74, 6) is -1.11. The number of nitrogens with one attached hydrogen (secondary N) is 2. The summed E-state index contributed by atoms with van der Waals surface area (Å²) < 4.78 is 64.3. The van der Waals surface area contributed by atoms with Crippen molar-refractivity contribution in [2.45, 2.75) is 16.7 Å². The van der Waals surface area contributed by atoms with E-state index in [9.17, 15) is 26.0 Å². The number of aromatic nitrogens is 2. The van der Waals surface area contributed by atoms with E-state index in [1.807, 2.05) is 0 Å². The van der Waals surface area contributed by atoms with Crippen LogP contribution >= 0.6 is 22.7 Å². The van der Waals surface area contributed by atoms with Gasteiger partial charge in [0.1, 0.15) is 10.7 Å². The van der Waals surface area contributed by atoms with Crippen LogP contribution in [0.15, 0.2) is 52.3 Å². The van der Waals surface area contributed by atoms with E-state index in [1.54, 1.807) is 13.0 Å². The molecule has 4 aromatic rings. The van der Waals surface area contributed by atoms with Crippen LogP contribution < -0.4 is 10.0 Å².